The molecule has 0 heterocycles. The summed E-state index contributed by atoms with van der Waals surface area (Å²) in [6.45, 7) is 5.08. The molecular weight excluding hydrogens is 287 g/mol. The Morgan fingerprint density at radius 1 is 1.24 bits per heavy atom. The normalized spacial score (nSPS) is 12.2. The first kappa shape index (κ1) is 15.8. The second kappa shape index (κ2) is 6.92. The van der Waals surface area contributed by atoms with Crippen LogP contribution >= 0.6 is 11.6 Å². The minimum atomic E-state index is -0.257. The summed E-state index contributed by atoms with van der Waals surface area (Å²) in [7, 11) is 1.88. The van der Waals surface area contributed by atoms with Crippen molar-refractivity contribution in [1.29, 1.82) is 0 Å². The van der Waals surface area contributed by atoms with E-state index in [1.807, 2.05) is 36.2 Å². The smallest absolute Gasteiger partial charge is 0.125 e. The van der Waals surface area contributed by atoms with E-state index in [1.165, 1.54) is 12.1 Å². The van der Waals surface area contributed by atoms with Crippen molar-refractivity contribution in [2.45, 2.75) is 19.9 Å². The number of halogens is 2. The average molecular weight is 307 g/mol. The first-order chi connectivity index (χ1) is 10.0. The highest BCUT2D eigenvalue weighted by atomic mass is 35.5. The van der Waals surface area contributed by atoms with Gasteiger partial charge in [0.15, 0.2) is 0 Å². The van der Waals surface area contributed by atoms with Gasteiger partial charge in [-0.1, -0.05) is 30.7 Å². The highest BCUT2D eigenvalue weighted by Crippen LogP contribution is 2.32. The Labute approximate surface area is 130 Å². The van der Waals surface area contributed by atoms with E-state index in [-0.39, 0.29) is 11.9 Å². The van der Waals surface area contributed by atoms with Gasteiger partial charge in [0.2, 0.25) is 0 Å². The standard InChI is InChI=1S/C17H20ClFN2/c1-4-20-12(2)13-8-9-17(16(18)10-13)21(3)15-7-5-6-14(19)11-15/h5-12,20H,4H2,1-3H3. The third-order valence-corrected chi connectivity index (χ3v) is 3.84. The molecule has 2 rings (SSSR count). The van der Waals surface area contributed by atoms with E-state index in [2.05, 4.69) is 19.2 Å². The lowest BCUT2D eigenvalue weighted by Crippen LogP contribution is -2.18. The Morgan fingerprint density at radius 2 is 2.00 bits per heavy atom. The van der Waals surface area contributed by atoms with E-state index in [0.717, 1.165) is 23.5 Å². The van der Waals surface area contributed by atoms with Crippen molar-refractivity contribution < 1.29 is 4.39 Å². The summed E-state index contributed by atoms with van der Waals surface area (Å²) in [6, 6.07) is 12.7. The predicted molar refractivity (Wildman–Crippen MR) is 88.0 cm³/mol. The molecule has 0 aromatic heterocycles. The fraction of sp³-hybridized carbons (Fsp3) is 0.294. The van der Waals surface area contributed by atoms with Gasteiger partial charge in [-0.05, 0) is 49.4 Å². The van der Waals surface area contributed by atoms with Crippen LogP contribution in [0.15, 0.2) is 42.5 Å². The van der Waals surface area contributed by atoms with Gasteiger partial charge in [-0.3, -0.25) is 0 Å². The second-order valence-corrected chi connectivity index (χ2v) is 5.44. The van der Waals surface area contributed by atoms with Crippen LogP contribution in [0.5, 0.6) is 0 Å². The van der Waals surface area contributed by atoms with E-state index in [0.29, 0.717) is 5.02 Å². The zero-order valence-electron chi connectivity index (χ0n) is 12.5. The average Bonchev–Trinajstić information content (AvgIpc) is 2.46. The number of hydrogen-bond acceptors (Lipinski definition) is 2. The molecule has 0 radical (unpaired) electrons. The van der Waals surface area contributed by atoms with Gasteiger partial charge in [0, 0.05) is 18.8 Å². The molecule has 0 saturated heterocycles. The van der Waals surface area contributed by atoms with Gasteiger partial charge in [-0.15, -0.1) is 0 Å². The minimum absolute atomic E-state index is 0.251. The van der Waals surface area contributed by atoms with E-state index in [9.17, 15) is 4.39 Å². The topological polar surface area (TPSA) is 15.3 Å². The Kier molecular flexibility index (Phi) is 5.21. The number of hydrogen-bond donors (Lipinski definition) is 1. The molecule has 4 heteroatoms. The molecule has 2 aromatic carbocycles. The van der Waals surface area contributed by atoms with Crippen LogP contribution < -0.4 is 10.2 Å². The summed E-state index contributed by atoms with van der Waals surface area (Å²) < 4.78 is 13.3. The number of anilines is 2. The number of benzene rings is 2. The zero-order chi connectivity index (χ0) is 15.4. The highest BCUT2D eigenvalue weighted by Gasteiger charge is 2.11. The van der Waals surface area contributed by atoms with Crippen LogP contribution in [-0.2, 0) is 0 Å². The lowest BCUT2D eigenvalue weighted by atomic mass is 10.1. The van der Waals surface area contributed by atoms with Crippen LogP contribution in [0, 0.1) is 5.82 Å². The number of nitrogens with one attached hydrogen (secondary N) is 1. The van der Waals surface area contributed by atoms with Crippen LogP contribution in [0.4, 0.5) is 15.8 Å². The molecule has 0 amide bonds. The summed E-state index contributed by atoms with van der Waals surface area (Å²) in [6.07, 6.45) is 0. The van der Waals surface area contributed by atoms with Crippen molar-refractivity contribution in [3.8, 4) is 0 Å². The van der Waals surface area contributed by atoms with Crippen LogP contribution in [0.3, 0.4) is 0 Å². The molecule has 1 atom stereocenters. The highest BCUT2D eigenvalue weighted by molar-refractivity contribution is 6.33. The van der Waals surface area contributed by atoms with Gasteiger partial charge < -0.3 is 10.2 Å². The van der Waals surface area contributed by atoms with Crippen LogP contribution in [0.2, 0.25) is 5.02 Å². The maximum Gasteiger partial charge on any atom is 0.125 e. The third kappa shape index (κ3) is 3.74. The molecule has 1 N–H and O–H groups in total. The molecule has 2 aromatic rings. The van der Waals surface area contributed by atoms with E-state index in [1.54, 1.807) is 6.07 Å². The van der Waals surface area contributed by atoms with E-state index >= 15 is 0 Å². The van der Waals surface area contributed by atoms with Gasteiger partial charge in [0.25, 0.3) is 0 Å². The Bertz CT molecular complexity index is 615. The molecule has 0 aliphatic carbocycles. The first-order valence-corrected chi connectivity index (χ1v) is 7.43. The molecule has 0 saturated carbocycles. The van der Waals surface area contributed by atoms with Gasteiger partial charge in [-0.25, -0.2) is 4.39 Å². The monoisotopic (exact) mass is 306 g/mol. The Hall–Kier alpha value is -1.58. The SMILES string of the molecule is CCNC(C)c1ccc(N(C)c2cccc(F)c2)c(Cl)c1. The minimum Gasteiger partial charge on any atom is -0.343 e. The van der Waals surface area contributed by atoms with E-state index in [4.69, 9.17) is 11.6 Å². The van der Waals surface area contributed by atoms with Gasteiger partial charge in [-0.2, -0.15) is 0 Å². The predicted octanol–water partition coefficient (Wildman–Crippen LogP) is 4.92. The summed E-state index contributed by atoms with van der Waals surface area (Å²) in [5.41, 5.74) is 2.76. The molecule has 21 heavy (non-hydrogen) atoms. The summed E-state index contributed by atoms with van der Waals surface area (Å²) in [4.78, 5) is 1.88. The van der Waals surface area contributed by atoms with Crippen molar-refractivity contribution in [3.63, 3.8) is 0 Å². The largest absolute Gasteiger partial charge is 0.343 e. The van der Waals surface area contributed by atoms with Crippen LogP contribution in [-0.4, -0.2) is 13.6 Å². The maximum absolute atomic E-state index is 13.3. The van der Waals surface area contributed by atoms with Crippen molar-refractivity contribution >= 4 is 23.0 Å². The maximum atomic E-state index is 13.3. The zero-order valence-corrected chi connectivity index (χ0v) is 13.3. The Morgan fingerprint density at radius 3 is 2.62 bits per heavy atom. The number of rotatable bonds is 5. The molecule has 0 spiro atoms. The van der Waals surface area contributed by atoms with Crippen molar-refractivity contribution in [3.05, 3.63) is 58.9 Å². The third-order valence-electron chi connectivity index (χ3n) is 3.54. The molecule has 1 unspecified atom stereocenters. The summed E-state index contributed by atoms with van der Waals surface area (Å²) in [5.74, 6) is -0.257. The molecule has 0 bridgehead atoms. The number of nitrogens with zero attached hydrogens (tertiary/aromatic N) is 1. The van der Waals surface area contributed by atoms with Crippen molar-refractivity contribution in [1.82, 2.24) is 5.32 Å². The fourth-order valence-electron chi connectivity index (χ4n) is 2.31. The summed E-state index contributed by atoms with van der Waals surface area (Å²) >= 11 is 6.39. The molecule has 112 valence electrons. The fourth-order valence-corrected chi connectivity index (χ4v) is 2.63. The van der Waals surface area contributed by atoms with Crippen LogP contribution in [0.25, 0.3) is 0 Å². The van der Waals surface area contributed by atoms with Gasteiger partial charge in [0.05, 0.1) is 10.7 Å². The molecule has 0 fully saturated rings. The second-order valence-electron chi connectivity index (χ2n) is 5.03. The lowest BCUT2D eigenvalue weighted by molar-refractivity contribution is 0.598. The molecular formula is C17H20ClFN2. The van der Waals surface area contributed by atoms with Crippen molar-refractivity contribution in [2.75, 3.05) is 18.5 Å². The van der Waals surface area contributed by atoms with Gasteiger partial charge in [0.1, 0.15) is 5.82 Å². The van der Waals surface area contributed by atoms with Crippen molar-refractivity contribution in [2.24, 2.45) is 0 Å². The lowest BCUT2D eigenvalue weighted by Gasteiger charge is -2.22. The molecule has 2 nitrogen and oxygen atoms in total. The van der Waals surface area contributed by atoms with Gasteiger partial charge >= 0.3 is 0 Å². The first-order valence-electron chi connectivity index (χ1n) is 7.05. The Balaban J connectivity index is 2.28. The van der Waals surface area contributed by atoms with E-state index < -0.39 is 0 Å². The quantitative estimate of drug-likeness (QED) is 0.843. The summed E-state index contributed by atoms with van der Waals surface area (Å²) in [5, 5.41) is 4.01. The van der Waals surface area contributed by atoms with Crippen LogP contribution in [0.1, 0.15) is 25.5 Å². The molecule has 0 aliphatic heterocycles. The molecule has 0 aliphatic rings.